The minimum Gasteiger partial charge on any atom is -0.0925 e. The average Bonchev–Trinajstić information content (AvgIpc) is 1.98. The highest BCUT2D eigenvalue weighted by Gasteiger charge is 2.04. The van der Waals surface area contributed by atoms with E-state index < -0.39 is 0 Å². The topological polar surface area (TPSA) is 0 Å². The van der Waals surface area contributed by atoms with Crippen LogP contribution in [0.4, 0.5) is 0 Å². The summed E-state index contributed by atoms with van der Waals surface area (Å²) in [6, 6.07) is 0. The Balaban J connectivity index is 3.21. The molecule has 0 aromatic heterocycles. The Labute approximate surface area is 87.4 Å². The molecule has 11 heavy (non-hydrogen) atoms. The highest BCUT2D eigenvalue weighted by atomic mass is 79.9. The molecular formula is C9H18Br2. The molecule has 0 heterocycles. The summed E-state index contributed by atoms with van der Waals surface area (Å²) in [7, 11) is 0. The minimum atomic E-state index is 0.828. The van der Waals surface area contributed by atoms with Gasteiger partial charge in [-0.2, -0.15) is 0 Å². The van der Waals surface area contributed by atoms with E-state index in [0.717, 1.165) is 22.5 Å². The molecule has 0 aliphatic heterocycles. The molecule has 0 rings (SSSR count). The van der Waals surface area contributed by atoms with Gasteiger partial charge in [-0.25, -0.2) is 0 Å². The number of hydrogen-bond acceptors (Lipinski definition) is 0. The average molecular weight is 286 g/mol. The van der Waals surface area contributed by atoms with Gasteiger partial charge in [0, 0.05) is 10.7 Å². The van der Waals surface area contributed by atoms with E-state index in [-0.39, 0.29) is 0 Å². The van der Waals surface area contributed by atoms with E-state index in [4.69, 9.17) is 0 Å². The van der Waals surface area contributed by atoms with Crippen LogP contribution >= 0.6 is 31.9 Å². The van der Waals surface area contributed by atoms with Crippen molar-refractivity contribution >= 4 is 31.9 Å². The smallest absolute Gasteiger partial charge is 0.00676 e. The Kier molecular flexibility index (Phi) is 8.26. The summed E-state index contributed by atoms with van der Waals surface area (Å²) in [6.45, 7) is 4.58. The van der Waals surface area contributed by atoms with E-state index in [1.54, 1.807) is 0 Å². The molecule has 0 atom stereocenters. The first-order valence-corrected chi connectivity index (χ1v) is 6.57. The second-order valence-corrected chi connectivity index (χ2v) is 4.79. The molecule has 0 saturated heterocycles. The first-order chi connectivity index (χ1) is 5.20. The SMILES string of the molecule is CC(C)CCCC(CBr)CBr. The van der Waals surface area contributed by atoms with Crippen molar-refractivity contribution in [2.24, 2.45) is 11.8 Å². The zero-order valence-electron chi connectivity index (χ0n) is 7.45. The van der Waals surface area contributed by atoms with Crippen LogP contribution in [0, 0.1) is 11.8 Å². The van der Waals surface area contributed by atoms with Crippen LogP contribution in [0.3, 0.4) is 0 Å². The molecule has 68 valence electrons. The van der Waals surface area contributed by atoms with Crippen LogP contribution in [0.15, 0.2) is 0 Å². The van der Waals surface area contributed by atoms with E-state index in [0.29, 0.717) is 0 Å². The lowest BCUT2D eigenvalue weighted by Crippen LogP contribution is -2.03. The summed E-state index contributed by atoms with van der Waals surface area (Å²) >= 11 is 7.03. The first kappa shape index (κ1) is 12.0. The van der Waals surface area contributed by atoms with Gasteiger partial charge in [0.05, 0.1) is 0 Å². The number of rotatable bonds is 6. The van der Waals surface area contributed by atoms with Crippen molar-refractivity contribution in [2.45, 2.75) is 33.1 Å². The highest BCUT2D eigenvalue weighted by molar-refractivity contribution is 9.09. The molecule has 0 bridgehead atoms. The van der Waals surface area contributed by atoms with E-state index in [1.165, 1.54) is 19.3 Å². The Hall–Kier alpha value is 0.960. The molecular weight excluding hydrogens is 268 g/mol. The standard InChI is InChI=1S/C9H18Br2/c1-8(2)4-3-5-9(6-10)7-11/h8-9H,3-7H2,1-2H3. The van der Waals surface area contributed by atoms with Gasteiger partial charge >= 0.3 is 0 Å². The fraction of sp³-hybridized carbons (Fsp3) is 1.00. The Morgan fingerprint density at radius 3 is 1.91 bits per heavy atom. The van der Waals surface area contributed by atoms with Crippen LogP contribution < -0.4 is 0 Å². The van der Waals surface area contributed by atoms with E-state index in [2.05, 4.69) is 45.7 Å². The molecule has 0 N–H and O–H groups in total. The second kappa shape index (κ2) is 7.60. The molecule has 0 aliphatic carbocycles. The molecule has 2 heteroatoms. The fourth-order valence-corrected chi connectivity index (χ4v) is 2.73. The summed E-state index contributed by atoms with van der Waals surface area (Å²) in [4.78, 5) is 0. The summed E-state index contributed by atoms with van der Waals surface area (Å²) in [5.41, 5.74) is 0. The van der Waals surface area contributed by atoms with Crippen molar-refractivity contribution < 1.29 is 0 Å². The van der Waals surface area contributed by atoms with Crippen molar-refractivity contribution in [3.05, 3.63) is 0 Å². The van der Waals surface area contributed by atoms with E-state index in [1.807, 2.05) is 0 Å². The molecule has 0 nitrogen and oxygen atoms in total. The Morgan fingerprint density at radius 2 is 1.55 bits per heavy atom. The predicted molar refractivity (Wildman–Crippen MR) is 59.8 cm³/mol. The number of alkyl halides is 2. The Bertz CT molecular complexity index is 77.6. The quantitative estimate of drug-likeness (QED) is 0.641. The minimum absolute atomic E-state index is 0.828. The molecule has 0 radical (unpaired) electrons. The summed E-state index contributed by atoms with van der Waals surface area (Å²) in [6.07, 6.45) is 4.10. The third kappa shape index (κ3) is 7.32. The largest absolute Gasteiger partial charge is 0.0925 e. The van der Waals surface area contributed by atoms with Crippen LogP contribution in [0.5, 0.6) is 0 Å². The second-order valence-electron chi connectivity index (χ2n) is 3.50. The molecule has 0 unspecified atom stereocenters. The van der Waals surface area contributed by atoms with Crippen LogP contribution in [0.1, 0.15) is 33.1 Å². The molecule has 0 saturated carbocycles. The maximum atomic E-state index is 3.51. The van der Waals surface area contributed by atoms with E-state index in [9.17, 15) is 0 Å². The van der Waals surface area contributed by atoms with Gasteiger partial charge in [0.1, 0.15) is 0 Å². The van der Waals surface area contributed by atoms with Crippen LogP contribution in [-0.2, 0) is 0 Å². The third-order valence-electron chi connectivity index (χ3n) is 1.83. The van der Waals surface area contributed by atoms with Gasteiger partial charge in [-0.05, 0) is 18.3 Å². The number of hydrogen-bond donors (Lipinski definition) is 0. The van der Waals surface area contributed by atoms with Crippen molar-refractivity contribution in [1.82, 2.24) is 0 Å². The molecule has 0 aromatic carbocycles. The van der Waals surface area contributed by atoms with Crippen LogP contribution in [0.25, 0.3) is 0 Å². The van der Waals surface area contributed by atoms with Gasteiger partial charge in [-0.15, -0.1) is 0 Å². The fourth-order valence-electron chi connectivity index (χ4n) is 1.01. The summed E-state index contributed by atoms with van der Waals surface area (Å²) in [5, 5.41) is 2.27. The van der Waals surface area contributed by atoms with Gasteiger partial charge in [0.15, 0.2) is 0 Å². The normalized spacial score (nSPS) is 11.5. The first-order valence-electron chi connectivity index (χ1n) is 4.32. The summed E-state index contributed by atoms with van der Waals surface area (Å²) < 4.78 is 0. The molecule has 0 spiro atoms. The lowest BCUT2D eigenvalue weighted by atomic mass is 10.0. The maximum Gasteiger partial charge on any atom is 0.00676 e. The maximum absolute atomic E-state index is 3.51. The van der Waals surface area contributed by atoms with Crippen molar-refractivity contribution in [3.8, 4) is 0 Å². The molecule has 0 fully saturated rings. The Morgan fingerprint density at radius 1 is 1.00 bits per heavy atom. The zero-order chi connectivity index (χ0) is 8.69. The lowest BCUT2D eigenvalue weighted by molar-refractivity contribution is 0.490. The predicted octanol–water partition coefficient (Wildman–Crippen LogP) is 4.22. The summed E-state index contributed by atoms with van der Waals surface area (Å²) in [5.74, 6) is 1.69. The number of halogens is 2. The molecule has 0 amide bonds. The van der Waals surface area contributed by atoms with Gasteiger partial charge < -0.3 is 0 Å². The van der Waals surface area contributed by atoms with Crippen molar-refractivity contribution in [1.29, 1.82) is 0 Å². The van der Waals surface area contributed by atoms with E-state index >= 15 is 0 Å². The zero-order valence-corrected chi connectivity index (χ0v) is 10.6. The van der Waals surface area contributed by atoms with Crippen LogP contribution in [0.2, 0.25) is 0 Å². The van der Waals surface area contributed by atoms with Gasteiger partial charge in [0.25, 0.3) is 0 Å². The van der Waals surface area contributed by atoms with Gasteiger partial charge in [-0.1, -0.05) is 58.5 Å². The third-order valence-corrected chi connectivity index (χ3v) is 3.66. The van der Waals surface area contributed by atoms with Crippen molar-refractivity contribution in [3.63, 3.8) is 0 Å². The monoisotopic (exact) mass is 284 g/mol. The molecule has 0 aromatic rings. The van der Waals surface area contributed by atoms with Crippen molar-refractivity contribution in [2.75, 3.05) is 10.7 Å². The van der Waals surface area contributed by atoms with Gasteiger partial charge in [-0.3, -0.25) is 0 Å². The molecule has 0 aliphatic rings. The highest BCUT2D eigenvalue weighted by Crippen LogP contribution is 2.16. The van der Waals surface area contributed by atoms with Gasteiger partial charge in [0.2, 0.25) is 0 Å². The lowest BCUT2D eigenvalue weighted by Gasteiger charge is -2.10. The van der Waals surface area contributed by atoms with Crippen LogP contribution in [-0.4, -0.2) is 10.7 Å².